The van der Waals surface area contributed by atoms with Crippen LogP contribution >= 0.6 is 0 Å². The first-order valence-corrected chi connectivity index (χ1v) is 3.94. The SMILES string of the molecule is C=C[C@@H](CC)OC(=O)C(C)C. The monoisotopic (exact) mass is 156 g/mol. The van der Waals surface area contributed by atoms with E-state index < -0.39 is 0 Å². The van der Waals surface area contributed by atoms with Crippen LogP contribution in [-0.4, -0.2) is 12.1 Å². The van der Waals surface area contributed by atoms with Gasteiger partial charge in [0.25, 0.3) is 0 Å². The van der Waals surface area contributed by atoms with Gasteiger partial charge in [0.2, 0.25) is 0 Å². The topological polar surface area (TPSA) is 26.3 Å². The van der Waals surface area contributed by atoms with E-state index in [2.05, 4.69) is 6.58 Å². The standard InChI is InChI=1S/C9H16O2/c1-5-8(6-2)11-9(10)7(3)4/h5,7-8H,1,6H2,2-4H3/t8-/m0/s1. The Morgan fingerprint density at radius 3 is 2.45 bits per heavy atom. The lowest BCUT2D eigenvalue weighted by Crippen LogP contribution is -2.18. The van der Waals surface area contributed by atoms with Gasteiger partial charge in [0, 0.05) is 0 Å². The van der Waals surface area contributed by atoms with Crippen molar-refractivity contribution >= 4 is 5.97 Å². The molecule has 0 spiro atoms. The van der Waals surface area contributed by atoms with Crippen molar-refractivity contribution in [2.45, 2.75) is 33.3 Å². The molecule has 0 aliphatic heterocycles. The van der Waals surface area contributed by atoms with Crippen molar-refractivity contribution in [2.75, 3.05) is 0 Å². The van der Waals surface area contributed by atoms with Gasteiger partial charge in [-0.2, -0.15) is 0 Å². The highest BCUT2D eigenvalue weighted by molar-refractivity contribution is 5.71. The first kappa shape index (κ1) is 10.2. The van der Waals surface area contributed by atoms with Gasteiger partial charge in [-0.15, -0.1) is 0 Å². The molecule has 0 N–H and O–H groups in total. The normalized spacial score (nSPS) is 12.7. The summed E-state index contributed by atoms with van der Waals surface area (Å²) in [6, 6.07) is 0. The van der Waals surface area contributed by atoms with Crippen LogP contribution in [0.5, 0.6) is 0 Å². The number of rotatable bonds is 4. The summed E-state index contributed by atoms with van der Waals surface area (Å²) < 4.78 is 5.05. The molecule has 0 aromatic heterocycles. The van der Waals surface area contributed by atoms with Gasteiger partial charge in [-0.1, -0.05) is 33.4 Å². The van der Waals surface area contributed by atoms with Crippen molar-refractivity contribution in [2.24, 2.45) is 5.92 Å². The van der Waals surface area contributed by atoms with E-state index in [1.807, 2.05) is 20.8 Å². The molecule has 0 unspecified atom stereocenters. The zero-order valence-electron chi connectivity index (χ0n) is 7.46. The van der Waals surface area contributed by atoms with E-state index in [1.165, 1.54) is 0 Å². The second-order valence-corrected chi connectivity index (χ2v) is 2.77. The van der Waals surface area contributed by atoms with Gasteiger partial charge in [0.05, 0.1) is 5.92 Å². The largest absolute Gasteiger partial charge is 0.458 e. The van der Waals surface area contributed by atoms with Gasteiger partial charge in [-0.25, -0.2) is 0 Å². The van der Waals surface area contributed by atoms with Crippen molar-refractivity contribution in [1.29, 1.82) is 0 Å². The van der Waals surface area contributed by atoms with Crippen LogP contribution in [0.1, 0.15) is 27.2 Å². The molecule has 0 heterocycles. The predicted molar refractivity (Wildman–Crippen MR) is 45.2 cm³/mol. The molecule has 0 bridgehead atoms. The average Bonchev–Trinajstić information content (AvgIpc) is 1.99. The third-order valence-electron chi connectivity index (χ3n) is 1.40. The van der Waals surface area contributed by atoms with E-state index in [-0.39, 0.29) is 18.0 Å². The lowest BCUT2D eigenvalue weighted by Gasteiger charge is -2.12. The third kappa shape index (κ3) is 3.81. The fourth-order valence-electron chi connectivity index (χ4n) is 0.583. The Bertz CT molecular complexity index is 138. The van der Waals surface area contributed by atoms with Crippen LogP contribution in [0.25, 0.3) is 0 Å². The van der Waals surface area contributed by atoms with E-state index >= 15 is 0 Å². The molecule has 0 radical (unpaired) electrons. The first-order chi connectivity index (χ1) is 5.11. The molecular weight excluding hydrogens is 140 g/mol. The van der Waals surface area contributed by atoms with Gasteiger partial charge in [0.15, 0.2) is 0 Å². The molecule has 0 fully saturated rings. The summed E-state index contributed by atoms with van der Waals surface area (Å²) in [6.45, 7) is 9.16. The summed E-state index contributed by atoms with van der Waals surface area (Å²) in [7, 11) is 0. The van der Waals surface area contributed by atoms with Crippen LogP contribution in [0.15, 0.2) is 12.7 Å². The van der Waals surface area contributed by atoms with Gasteiger partial charge in [0.1, 0.15) is 6.10 Å². The van der Waals surface area contributed by atoms with Crippen LogP contribution in [0.3, 0.4) is 0 Å². The fraction of sp³-hybridized carbons (Fsp3) is 0.667. The Kier molecular flexibility index (Phi) is 4.59. The van der Waals surface area contributed by atoms with Crippen molar-refractivity contribution in [3.63, 3.8) is 0 Å². The second kappa shape index (κ2) is 4.94. The minimum absolute atomic E-state index is 0.0519. The van der Waals surface area contributed by atoms with Gasteiger partial charge in [-0.3, -0.25) is 4.79 Å². The molecule has 0 amide bonds. The van der Waals surface area contributed by atoms with Crippen LogP contribution in [0.2, 0.25) is 0 Å². The lowest BCUT2D eigenvalue weighted by atomic mass is 10.2. The van der Waals surface area contributed by atoms with Crippen LogP contribution in [0.4, 0.5) is 0 Å². The molecule has 0 aromatic rings. The van der Waals surface area contributed by atoms with Crippen molar-refractivity contribution in [3.05, 3.63) is 12.7 Å². The van der Waals surface area contributed by atoms with E-state index in [9.17, 15) is 4.79 Å². The molecule has 0 aliphatic carbocycles. The predicted octanol–water partition coefficient (Wildman–Crippen LogP) is 2.15. The highest BCUT2D eigenvalue weighted by Gasteiger charge is 2.11. The summed E-state index contributed by atoms with van der Waals surface area (Å²) in [4.78, 5) is 11.0. The molecule has 0 saturated heterocycles. The maximum Gasteiger partial charge on any atom is 0.308 e. The minimum Gasteiger partial charge on any atom is -0.458 e. The molecule has 0 saturated carbocycles. The second-order valence-electron chi connectivity index (χ2n) is 2.77. The van der Waals surface area contributed by atoms with Gasteiger partial charge in [-0.05, 0) is 6.42 Å². The van der Waals surface area contributed by atoms with E-state index in [0.29, 0.717) is 0 Å². The maximum absolute atomic E-state index is 11.0. The minimum atomic E-state index is -0.156. The highest BCUT2D eigenvalue weighted by atomic mass is 16.5. The Labute approximate surface area is 68.2 Å². The summed E-state index contributed by atoms with van der Waals surface area (Å²) in [5.41, 5.74) is 0. The van der Waals surface area contributed by atoms with Crippen molar-refractivity contribution < 1.29 is 9.53 Å². The Hall–Kier alpha value is -0.790. The van der Waals surface area contributed by atoms with Crippen molar-refractivity contribution in [1.82, 2.24) is 0 Å². The zero-order valence-corrected chi connectivity index (χ0v) is 7.46. The van der Waals surface area contributed by atoms with Crippen molar-refractivity contribution in [3.8, 4) is 0 Å². The number of ether oxygens (including phenoxy) is 1. The molecule has 64 valence electrons. The van der Waals surface area contributed by atoms with Crippen LogP contribution in [-0.2, 0) is 9.53 Å². The highest BCUT2D eigenvalue weighted by Crippen LogP contribution is 2.04. The fourth-order valence-corrected chi connectivity index (χ4v) is 0.583. The molecule has 0 aliphatic rings. The van der Waals surface area contributed by atoms with E-state index in [1.54, 1.807) is 6.08 Å². The molecule has 0 aromatic carbocycles. The Morgan fingerprint density at radius 1 is 1.64 bits per heavy atom. The smallest absolute Gasteiger partial charge is 0.308 e. The quantitative estimate of drug-likeness (QED) is 0.460. The summed E-state index contributed by atoms with van der Waals surface area (Å²) in [5.74, 6) is -0.208. The van der Waals surface area contributed by atoms with E-state index in [4.69, 9.17) is 4.74 Å². The molecule has 1 atom stereocenters. The molecular formula is C9H16O2. The summed E-state index contributed by atoms with van der Waals surface area (Å²) in [5, 5.41) is 0. The molecule has 0 rings (SSSR count). The Morgan fingerprint density at radius 2 is 2.18 bits per heavy atom. The summed E-state index contributed by atoms with van der Waals surface area (Å²) in [6.07, 6.45) is 2.33. The Balaban J connectivity index is 3.81. The average molecular weight is 156 g/mol. The number of carbonyl (C=O) groups is 1. The zero-order chi connectivity index (χ0) is 8.85. The summed E-state index contributed by atoms with van der Waals surface area (Å²) >= 11 is 0. The molecule has 2 nitrogen and oxygen atoms in total. The molecule has 2 heteroatoms. The number of esters is 1. The van der Waals surface area contributed by atoms with Gasteiger partial charge >= 0.3 is 5.97 Å². The number of hydrogen-bond acceptors (Lipinski definition) is 2. The lowest BCUT2D eigenvalue weighted by molar-refractivity contribution is -0.150. The van der Waals surface area contributed by atoms with E-state index in [0.717, 1.165) is 6.42 Å². The van der Waals surface area contributed by atoms with Gasteiger partial charge < -0.3 is 4.74 Å². The first-order valence-electron chi connectivity index (χ1n) is 3.94. The maximum atomic E-state index is 11.0. The van der Waals surface area contributed by atoms with Crippen LogP contribution < -0.4 is 0 Å². The number of hydrogen-bond donors (Lipinski definition) is 0. The van der Waals surface area contributed by atoms with Crippen LogP contribution in [0, 0.1) is 5.92 Å². The number of carbonyl (C=O) groups excluding carboxylic acids is 1. The molecule has 11 heavy (non-hydrogen) atoms. The third-order valence-corrected chi connectivity index (χ3v) is 1.40.